The van der Waals surface area contributed by atoms with Gasteiger partial charge in [-0.05, 0) is 27.1 Å². The van der Waals surface area contributed by atoms with Crippen LogP contribution in [-0.4, -0.2) is 53.0 Å². The molecule has 102 valence electrons. The van der Waals surface area contributed by atoms with Crippen LogP contribution < -0.4 is 5.32 Å². The first-order valence-corrected chi connectivity index (χ1v) is 5.89. The number of nitrogens with zero attached hydrogens (tertiary/aromatic N) is 1. The van der Waals surface area contributed by atoms with Crippen molar-refractivity contribution in [3.8, 4) is 11.5 Å². The van der Waals surface area contributed by atoms with Crippen LogP contribution in [0.2, 0.25) is 0 Å². The van der Waals surface area contributed by atoms with Gasteiger partial charge in [-0.15, -0.1) is 0 Å². The molecule has 5 nitrogen and oxygen atoms in total. The summed E-state index contributed by atoms with van der Waals surface area (Å²) in [7, 11) is 3.80. The smallest absolute Gasteiger partial charge is 0.161 e. The van der Waals surface area contributed by atoms with E-state index in [1.807, 2.05) is 19.0 Å². The summed E-state index contributed by atoms with van der Waals surface area (Å²) in [6.45, 7) is 3.10. The van der Waals surface area contributed by atoms with Gasteiger partial charge >= 0.3 is 0 Å². The Morgan fingerprint density at radius 2 is 1.94 bits per heavy atom. The fraction of sp³-hybridized carbons (Fsp3) is 0.538. The highest BCUT2D eigenvalue weighted by atomic mass is 16.3. The van der Waals surface area contributed by atoms with E-state index in [2.05, 4.69) is 5.32 Å². The molecule has 0 radical (unpaired) electrons. The van der Waals surface area contributed by atoms with E-state index in [-0.39, 0.29) is 11.5 Å². The van der Waals surface area contributed by atoms with Gasteiger partial charge in [-0.1, -0.05) is 12.1 Å². The molecule has 0 saturated carbocycles. The topological polar surface area (TPSA) is 76.0 Å². The lowest BCUT2D eigenvalue weighted by molar-refractivity contribution is 0.0335. The number of hydrogen-bond donors (Lipinski definition) is 4. The number of phenolic OH excluding ortho intramolecular Hbond substituents is 2. The van der Waals surface area contributed by atoms with Gasteiger partial charge in [0.1, 0.15) is 0 Å². The largest absolute Gasteiger partial charge is 0.504 e. The van der Waals surface area contributed by atoms with Gasteiger partial charge in [-0.3, -0.25) is 0 Å². The highest BCUT2D eigenvalue weighted by molar-refractivity contribution is 5.44. The highest BCUT2D eigenvalue weighted by Crippen LogP contribution is 2.27. The van der Waals surface area contributed by atoms with Crippen molar-refractivity contribution in [1.29, 1.82) is 0 Å². The molecule has 0 aromatic heterocycles. The highest BCUT2D eigenvalue weighted by Gasteiger charge is 2.20. The first-order valence-electron chi connectivity index (χ1n) is 5.89. The maximum absolute atomic E-state index is 10.1. The van der Waals surface area contributed by atoms with Gasteiger partial charge in [-0.25, -0.2) is 0 Å². The average Bonchev–Trinajstić information content (AvgIpc) is 2.22. The van der Waals surface area contributed by atoms with E-state index in [4.69, 9.17) is 0 Å². The molecule has 4 N–H and O–H groups in total. The quantitative estimate of drug-likeness (QED) is 0.556. The van der Waals surface area contributed by atoms with Crippen LogP contribution in [-0.2, 0) is 6.54 Å². The van der Waals surface area contributed by atoms with Crippen LogP contribution in [0.15, 0.2) is 18.2 Å². The maximum Gasteiger partial charge on any atom is 0.161 e. The molecular formula is C13H22N2O3. The molecule has 1 rings (SSSR count). The molecule has 18 heavy (non-hydrogen) atoms. The molecule has 1 aromatic rings. The Labute approximate surface area is 108 Å². The van der Waals surface area contributed by atoms with Crippen LogP contribution >= 0.6 is 0 Å². The number of rotatable bonds is 6. The molecule has 0 saturated heterocycles. The molecule has 0 amide bonds. The first kappa shape index (κ1) is 14.8. The van der Waals surface area contributed by atoms with Crippen LogP contribution in [0.1, 0.15) is 12.5 Å². The zero-order chi connectivity index (χ0) is 13.8. The lowest BCUT2D eigenvalue weighted by atomic mass is 10.1. The van der Waals surface area contributed by atoms with Gasteiger partial charge in [0, 0.05) is 25.2 Å². The lowest BCUT2D eigenvalue weighted by Crippen LogP contribution is -2.45. The van der Waals surface area contributed by atoms with E-state index in [0.29, 0.717) is 25.2 Å². The Kier molecular flexibility index (Phi) is 4.95. The molecular weight excluding hydrogens is 232 g/mol. The van der Waals surface area contributed by atoms with Gasteiger partial charge in [0.25, 0.3) is 0 Å². The zero-order valence-corrected chi connectivity index (χ0v) is 11.1. The van der Waals surface area contributed by atoms with Crippen molar-refractivity contribution in [1.82, 2.24) is 10.2 Å². The predicted molar refractivity (Wildman–Crippen MR) is 70.7 cm³/mol. The third kappa shape index (κ3) is 4.52. The van der Waals surface area contributed by atoms with Crippen LogP contribution in [0.25, 0.3) is 0 Å². The summed E-state index contributed by atoms with van der Waals surface area (Å²) in [6.07, 6.45) is 0. The van der Waals surface area contributed by atoms with E-state index in [9.17, 15) is 15.3 Å². The summed E-state index contributed by atoms with van der Waals surface area (Å²) in [4.78, 5) is 1.91. The van der Waals surface area contributed by atoms with Gasteiger partial charge in [0.2, 0.25) is 0 Å². The maximum atomic E-state index is 10.1. The summed E-state index contributed by atoms with van der Waals surface area (Å²) < 4.78 is 0. The van der Waals surface area contributed by atoms with Crippen molar-refractivity contribution in [3.63, 3.8) is 0 Å². The molecule has 1 atom stereocenters. The average molecular weight is 254 g/mol. The van der Waals surface area contributed by atoms with E-state index >= 15 is 0 Å². The van der Waals surface area contributed by atoms with Crippen molar-refractivity contribution in [2.75, 3.05) is 27.2 Å². The molecule has 0 aliphatic rings. The minimum absolute atomic E-state index is 0.114. The van der Waals surface area contributed by atoms with Crippen molar-refractivity contribution in [3.05, 3.63) is 23.8 Å². The van der Waals surface area contributed by atoms with Gasteiger partial charge < -0.3 is 25.5 Å². The van der Waals surface area contributed by atoms with E-state index < -0.39 is 5.60 Å². The van der Waals surface area contributed by atoms with Crippen LogP contribution in [0, 0.1) is 0 Å². The van der Waals surface area contributed by atoms with Crippen LogP contribution in [0.4, 0.5) is 0 Å². The molecule has 1 aromatic carbocycles. The minimum Gasteiger partial charge on any atom is -0.504 e. The molecule has 0 bridgehead atoms. The number of para-hydroxylation sites is 1. The van der Waals surface area contributed by atoms with Crippen molar-refractivity contribution < 1.29 is 15.3 Å². The molecule has 5 heteroatoms. The molecule has 0 aliphatic carbocycles. The van der Waals surface area contributed by atoms with E-state index in [1.165, 1.54) is 6.07 Å². The Hall–Kier alpha value is -1.30. The van der Waals surface area contributed by atoms with E-state index in [1.54, 1.807) is 19.1 Å². The third-order valence-corrected chi connectivity index (χ3v) is 2.58. The number of aliphatic hydroxyl groups is 1. The van der Waals surface area contributed by atoms with E-state index in [0.717, 1.165) is 0 Å². The lowest BCUT2D eigenvalue weighted by Gasteiger charge is -2.27. The summed E-state index contributed by atoms with van der Waals surface area (Å²) in [5.41, 5.74) is -0.230. The van der Waals surface area contributed by atoms with Gasteiger partial charge in [0.05, 0.1) is 5.60 Å². The second kappa shape index (κ2) is 6.04. The molecule has 0 heterocycles. The molecule has 0 aliphatic heterocycles. The summed E-state index contributed by atoms with van der Waals surface area (Å²) >= 11 is 0. The van der Waals surface area contributed by atoms with Crippen LogP contribution in [0.5, 0.6) is 11.5 Å². The Morgan fingerprint density at radius 3 is 2.56 bits per heavy atom. The first-order chi connectivity index (χ1) is 8.32. The Balaban J connectivity index is 2.49. The normalized spacial score (nSPS) is 14.7. The van der Waals surface area contributed by atoms with Crippen molar-refractivity contribution >= 4 is 0 Å². The van der Waals surface area contributed by atoms with Crippen LogP contribution in [0.3, 0.4) is 0 Å². The number of hydrogen-bond acceptors (Lipinski definition) is 5. The minimum atomic E-state index is -0.837. The Bertz CT molecular complexity index is 392. The number of likely N-dealkylation sites (N-methyl/N-ethyl adjacent to an activating group) is 1. The molecule has 0 spiro atoms. The SMILES string of the molecule is CN(C)CC(C)(O)CNCc1cccc(O)c1O. The predicted octanol–water partition coefficient (Wildman–Crippen LogP) is 0.500. The number of phenols is 2. The zero-order valence-electron chi connectivity index (χ0n) is 11.1. The number of benzene rings is 1. The summed E-state index contributed by atoms with van der Waals surface area (Å²) in [5.74, 6) is -0.244. The van der Waals surface area contributed by atoms with Gasteiger partial charge in [0.15, 0.2) is 11.5 Å². The standard InChI is InChI=1S/C13H22N2O3/c1-13(18,9-15(2)3)8-14-7-10-5-4-6-11(16)12(10)17/h4-6,14,16-18H,7-9H2,1-3H3. The summed E-state index contributed by atoms with van der Waals surface area (Å²) in [5, 5.41) is 32.1. The number of aromatic hydroxyl groups is 2. The second-order valence-corrected chi connectivity index (χ2v) is 5.12. The fourth-order valence-corrected chi connectivity index (χ4v) is 1.92. The number of nitrogens with one attached hydrogen (secondary N) is 1. The van der Waals surface area contributed by atoms with Gasteiger partial charge in [-0.2, -0.15) is 0 Å². The van der Waals surface area contributed by atoms with Crippen molar-refractivity contribution in [2.24, 2.45) is 0 Å². The fourth-order valence-electron chi connectivity index (χ4n) is 1.92. The monoisotopic (exact) mass is 254 g/mol. The second-order valence-electron chi connectivity index (χ2n) is 5.12. The molecule has 1 unspecified atom stereocenters. The summed E-state index contributed by atoms with van der Waals surface area (Å²) in [6, 6.07) is 4.83. The molecule has 0 fully saturated rings. The third-order valence-electron chi connectivity index (χ3n) is 2.58. The Morgan fingerprint density at radius 1 is 1.28 bits per heavy atom. The van der Waals surface area contributed by atoms with Crippen molar-refractivity contribution in [2.45, 2.75) is 19.1 Å².